The topological polar surface area (TPSA) is 49.4 Å². The van der Waals surface area contributed by atoms with Crippen molar-refractivity contribution in [2.75, 3.05) is 22.1 Å². The zero-order chi connectivity index (χ0) is 12.3. The van der Waals surface area contributed by atoms with Gasteiger partial charge in [0.1, 0.15) is 6.42 Å². The van der Waals surface area contributed by atoms with Crippen molar-refractivity contribution >= 4 is 39.1 Å². The number of nitrogens with zero attached hydrogens (tertiary/aromatic N) is 1. The van der Waals surface area contributed by atoms with Crippen LogP contribution in [-0.4, -0.2) is 23.7 Å². The Balaban J connectivity index is 2.35. The highest BCUT2D eigenvalue weighted by molar-refractivity contribution is 9.09. The van der Waals surface area contributed by atoms with E-state index in [0.29, 0.717) is 12.2 Å². The second kappa shape index (κ2) is 5.31. The Morgan fingerprint density at radius 2 is 2.06 bits per heavy atom. The first kappa shape index (κ1) is 12.1. The SMILES string of the molecule is O=C1CC(=O)N(CCCBr)c2ccccc2N1. The van der Waals surface area contributed by atoms with Gasteiger partial charge in [0.2, 0.25) is 11.8 Å². The van der Waals surface area contributed by atoms with Gasteiger partial charge in [-0.25, -0.2) is 0 Å². The molecule has 1 aliphatic heterocycles. The third kappa shape index (κ3) is 2.66. The summed E-state index contributed by atoms with van der Waals surface area (Å²) >= 11 is 3.35. The van der Waals surface area contributed by atoms with E-state index in [1.807, 2.05) is 24.3 Å². The van der Waals surface area contributed by atoms with Gasteiger partial charge in [-0.3, -0.25) is 9.59 Å². The number of amides is 2. The second-order valence-electron chi connectivity index (χ2n) is 3.83. The normalized spacial score (nSPS) is 15.2. The number of fused-ring (bicyclic) bond motifs is 1. The maximum absolute atomic E-state index is 11.9. The van der Waals surface area contributed by atoms with E-state index in [9.17, 15) is 9.59 Å². The van der Waals surface area contributed by atoms with Gasteiger partial charge in [-0.1, -0.05) is 28.1 Å². The highest BCUT2D eigenvalue weighted by atomic mass is 79.9. The molecule has 0 aromatic heterocycles. The largest absolute Gasteiger partial charge is 0.324 e. The average Bonchev–Trinajstić information content (AvgIpc) is 2.42. The molecule has 1 aliphatic rings. The summed E-state index contributed by atoms with van der Waals surface area (Å²) in [4.78, 5) is 25.1. The summed E-state index contributed by atoms with van der Waals surface area (Å²) in [5.74, 6) is -0.391. The fraction of sp³-hybridized carbons (Fsp3) is 0.333. The smallest absolute Gasteiger partial charge is 0.236 e. The van der Waals surface area contributed by atoms with Crippen LogP contribution in [0.2, 0.25) is 0 Å². The number of nitrogens with one attached hydrogen (secondary N) is 1. The van der Waals surface area contributed by atoms with Crippen molar-refractivity contribution in [2.24, 2.45) is 0 Å². The van der Waals surface area contributed by atoms with E-state index in [1.165, 1.54) is 0 Å². The van der Waals surface area contributed by atoms with Crippen molar-refractivity contribution in [1.29, 1.82) is 0 Å². The fourth-order valence-electron chi connectivity index (χ4n) is 1.84. The Bertz CT molecular complexity index is 448. The molecule has 0 radical (unpaired) electrons. The van der Waals surface area contributed by atoms with Crippen LogP contribution < -0.4 is 10.2 Å². The molecule has 0 spiro atoms. The van der Waals surface area contributed by atoms with E-state index in [-0.39, 0.29) is 18.2 Å². The summed E-state index contributed by atoms with van der Waals surface area (Å²) < 4.78 is 0. The van der Waals surface area contributed by atoms with Crippen LogP contribution in [0.4, 0.5) is 11.4 Å². The van der Waals surface area contributed by atoms with Crippen LogP contribution in [0.3, 0.4) is 0 Å². The van der Waals surface area contributed by atoms with Crippen molar-refractivity contribution in [3.8, 4) is 0 Å². The number of carbonyl (C=O) groups is 2. The summed E-state index contributed by atoms with van der Waals surface area (Å²) in [6, 6.07) is 7.38. The Kier molecular flexibility index (Phi) is 3.78. The predicted molar refractivity (Wildman–Crippen MR) is 70.5 cm³/mol. The van der Waals surface area contributed by atoms with Crippen LogP contribution in [0.15, 0.2) is 24.3 Å². The number of hydrogen-bond acceptors (Lipinski definition) is 2. The highest BCUT2D eigenvalue weighted by Gasteiger charge is 2.25. The molecule has 1 aromatic rings. The van der Waals surface area contributed by atoms with Gasteiger partial charge in [-0.2, -0.15) is 0 Å². The molecule has 1 aromatic carbocycles. The third-order valence-electron chi connectivity index (χ3n) is 2.60. The zero-order valence-corrected chi connectivity index (χ0v) is 10.9. The maximum atomic E-state index is 11.9. The number of hydrogen-bond donors (Lipinski definition) is 1. The molecule has 2 amide bonds. The van der Waals surface area contributed by atoms with Gasteiger partial charge in [0, 0.05) is 11.9 Å². The molecule has 4 nitrogen and oxygen atoms in total. The molecule has 0 fully saturated rings. The van der Waals surface area contributed by atoms with Crippen molar-refractivity contribution < 1.29 is 9.59 Å². The molecular formula is C12H13BrN2O2. The van der Waals surface area contributed by atoms with Crippen LogP contribution in [0, 0.1) is 0 Å². The van der Waals surface area contributed by atoms with Crippen LogP contribution in [0.5, 0.6) is 0 Å². The standard InChI is InChI=1S/C12H13BrN2O2/c13-6-3-7-15-10-5-2-1-4-9(10)14-11(16)8-12(15)17/h1-2,4-5H,3,6-8H2,(H,14,16). The van der Waals surface area contributed by atoms with Gasteiger partial charge in [-0.15, -0.1) is 0 Å². The van der Waals surface area contributed by atoms with Gasteiger partial charge < -0.3 is 10.2 Å². The zero-order valence-electron chi connectivity index (χ0n) is 9.28. The van der Waals surface area contributed by atoms with Crippen LogP contribution >= 0.6 is 15.9 Å². The molecule has 0 unspecified atom stereocenters. The summed E-state index contributed by atoms with van der Waals surface area (Å²) in [6.45, 7) is 0.621. The molecule has 17 heavy (non-hydrogen) atoms. The average molecular weight is 297 g/mol. The lowest BCUT2D eigenvalue weighted by Crippen LogP contribution is -2.32. The van der Waals surface area contributed by atoms with Gasteiger partial charge in [0.05, 0.1) is 11.4 Å². The molecule has 0 saturated heterocycles. The minimum absolute atomic E-state index is 0.0863. The summed E-state index contributed by atoms with van der Waals surface area (Å²) in [5, 5.41) is 3.58. The number of rotatable bonds is 3. The Morgan fingerprint density at radius 1 is 1.29 bits per heavy atom. The first-order chi connectivity index (χ1) is 8.22. The molecule has 0 saturated carbocycles. The van der Waals surface area contributed by atoms with Crippen molar-refractivity contribution in [3.63, 3.8) is 0 Å². The van der Waals surface area contributed by atoms with E-state index < -0.39 is 0 Å². The Labute approximate surface area is 108 Å². The first-order valence-corrected chi connectivity index (χ1v) is 6.59. The lowest BCUT2D eigenvalue weighted by molar-refractivity contribution is -0.124. The van der Waals surface area contributed by atoms with Gasteiger partial charge in [0.25, 0.3) is 0 Å². The fourth-order valence-corrected chi connectivity index (χ4v) is 2.09. The number of para-hydroxylation sites is 2. The number of anilines is 2. The van der Waals surface area contributed by atoms with Crippen molar-refractivity contribution in [3.05, 3.63) is 24.3 Å². The number of halogens is 1. The lowest BCUT2D eigenvalue weighted by atomic mass is 10.2. The van der Waals surface area contributed by atoms with Crippen LogP contribution in [0.1, 0.15) is 12.8 Å². The highest BCUT2D eigenvalue weighted by Crippen LogP contribution is 2.28. The van der Waals surface area contributed by atoms with Crippen LogP contribution in [-0.2, 0) is 9.59 Å². The summed E-state index contributed by atoms with van der Waals surface area (Å²) in [6.07, 6.45) is 0.769. The Morgan fingerprint density at radius 3 is 2.82 bits per heavy atom. The number of alkyl halides is 1. The van der Waals surface area contributed by atoms with Gasteiger partial charge in [0.15, 0.2) is 0 Å². The maximum Gasteiger partial charge on any atom is 0.236 e. The minimum atomic E-state index is -0.246. The molecule has 1 N–H and O–H groups in total. The van der Waals surface area contributed by atoms with E-state index in [0.717, 1.165) is 17.4 Å². The second-order valence-corrected chi connectivity index (χ2v) is 4.62. The molecule has 90 valence electrons. The molecular weight excluding hydrogens is 284 g/mol. The first-order valence-electron chi connectivity index (χ1n) is 5.47. The summed E-state index contributed by atoms with van der Waals surface area (Å²) in [5.41, 5.74) is 1.49. The minimum Gasteiger partial charge on any atom is -0.324 e. The monoisotopic (exact) mass is 296 g/mol. The van der Waals surface area contributed by atoms with E-state index in [1.54, 1.807) is 4.90 Å². The lowest BCUT2D eigenvalue weighted by Gasteiger charge is -2.21. The predicted octanol–water partition coefficient (Wildman–Crippen LogP) is 2.15. The molecule has 1 heterocycles. The molecule has 2 rings (SSSR count). The van der Waals surface area contributed by atoms with E-state index >= 15 is 0 Å². The van der Waals surface area contributed by atoms with Crippen molar-refractivity contribution in [2.45, 2.75) is 12.8 Å². The quantitative estimate of drug-likeness (QED) is 0.686. The van der Waals surface area contributed by atoms with Crippen molar-refractivity contribution in [1.82, 2.24) is 0 Å². The summed E-state index contributed by atoms with van der Waals surface area (Å²) in [7, 11) is 0. The van der Waals surface area contributed by atoms with E-state index in [4.69, 9.17) is 0 Å². The number of benzene rings is 1. The van der Waals surface area contributed by atoms with Gasteiger partial charge >= 0.3 is 0 Å². The molecule has 0 bridgehead atoms. The van der Waals surface area contributed by atoms with E-state index in [2.05, 4.69) is 21.2 Å². The molecule has 0 aliphatic carbocycles. The third-order valence-corrected chi connectivity index (χ3v) is 3.16. The molecule has 5 heteroatoms. The van der Waals surface area contributed by atoms with Gasteiger partial charge in [-0.05, 0) is 18.6 Å². The molecule has 0 atom stereocenters. The number of carbonyl (C=O) groups excluding carboxylic acids is 2. The Hall–Kier alpha value is -1.36. The van der Waals surface area contributed by atoms with Crippen LogP contribution in [0.25, 0.3) is 0 Å².